The first-order valence-corrected chi connectivity index (χ1v) is 8.61. The number of hydrogen-bond acceptors (Lipinski definition) is 4. The van der Waals surface area contributed by atoms with E-state index in [4.69, 9.17) is 9.47 Å². The highest BCUT2D eigenvalue weighted by Crippen LogP contribution is 2.16. The average molecular weight is 354 g/mol. The molecule has 3 rings (SSSR count). The van der Waals surface area contributed by atoms with Crippen molar-refractivity contribution in [3.05, 3.63) is 59.7 Å². The molecule has 1 saturated heterocycles. The normalized spacial score (nSPS) is 16.1. The first-order chi connectivity index (χ1) is 12.7. The van der Waals surface area contributed by atoms with E-state index < -0.39 is 0 Å². The number of benzene rings is 2. The van der Waals surface area contributed by atoms with Gasteiger partial charge >= 0.3 is 0 Å². The van der Waals surface area contributed by atoms with Crippen molar-refractivity contribution >= 4 is 17.5 Å². The van der Waals surface area contributed by atoms with Gasteiger partial charge in [0.05, 0.1) is 13.2 Å². The topological polar surface area (TPSA) is 76.7 Å². The van der Waals surface area contributed by atoms with E-state index in [2.05, 4.69) is 10.6 Å². The molecule has 0 spiro atoms. The van der Waals surface area contributed by atoms with Crippen LogP contribution in [0.25, 0.3) is 0 Å². The summed E-state index contributed by atoms with van der Waals surface area (Å²) in [7, 11) is 1.55. The molecule has 0 unspecified atom stereocenters. The van der Waals surface area contributed by atoms with Crippen molar-refractivity contribution in [2.24, 2.45) is 0 Å². The van der Waals surface area contributed by atoms with Crippen LogP contribution in [0.1, 0.15) is 33.6 Å². The standard InChI is InChI=1S/C20H22N2O4/c1-25-17-8-3-6-15(12-17)20(24)22-16-7-2-5-14(11-16)19(23)21-13-18-9-4-10-26-18/h2-3,5-8,11-12,18H,4,9-10,13H2,1H3,(H,21,23)(H,22,24)/t18-/m1/s1. The Bertz CT molecular complexity index is 785. The van der Waals surface area contributed by atoms with Crippen molar-refractivity contribution in [1.29, 1.82) is 0 Å². The zero-order valence-electron chi connectivity index (χ0n) is 14.7. The monoisotopic (exact) mass is 354 g/mol. The molecule has 6 heteroatoms. The van der Waals surface area contributed by atoms with Gasteiger partial charge in [-0.3, -0.25) is 9.59 Å². The number of methoxy groups -OCH3 is 1. The van der Waals surface area contributed by atoms with Crippen molar-refractivity contribution in [2.45, 2.75) is 18.9 Å². The zero-order valence-corrected chi connectivity index (χ0v) is 14.7. The molecule has 2 aromatic carbocycles. The molecule has 2 aromatic rings. The van der Waals surface area contributed by atoms with E-state index in [1.165, 1.54) is 0 Å². The van der Waals surface area contributed by atoms with Gasteiger partial charge in [-0.1, -0.05) is 12.1 Å². The minimum Gasteiger partial charge on any atom is -0.497 e. The fourth-order valence-corrected chi connectivity index (χ4v) is 2.82. The molecule has 0 saturated carbocycles. The molecule has 1 aliphatic heterocycles. The molecular weight excluding hydrogens is 332 g/mol. The van der Waals surface area contributed by atoms with Gasteiger partial charge < -0.3 is 20.1 Å². The molecule has 136 valence electrons. The molecule has 0 aromatic heterocycles. The fraction of sp³-hybridized carbons (Fsp3) is 0.300. The zero-order chi connectivity index (χ0) is 18.4. The summed E-state index contributed by atoms with van der Waals surface area (Å²) < 4.78 is 10.6. The lowest BCUT2D eigenvalue weighted by Crippen LogP contribution is -2.31. The van der Waals surface area contributed by atoms with Crippen molar-refractivity contribution in [3.8, 4) is 5.75 Å². The number of ether oxygens (including phenoxy) is 2. The minimum atomic E-state index is -0.263. The molecule has 0 radical (unpaired) electrons. The van der Waals surface area contributed by atoms with Gasteiger partial charge in [0, 0.05) is 30.0 Å². The second-order valence-corrected chi connectivity index (χ2v) is 6.11. The summed E-state index contributed by atoms with van der Waals surface area (Å²) in [4.78, 5) is 24.7. The van der Waals surface area contributed by atoms with Gasteiger partial charge in [0.25, 0.3) is 11.8 Å². The van der Waals surface area contributed by atoms with Crippen molar-refractivity contribution in [2.75, 3.05) is 25.6 Å². The fourth-order valence-electron chi connectivity index (χ4n) is 2.82. The predicted molar refractivity (Wildman–Crippen MR) is 98.7 cm³/mol. The lowest BCUT2D eigenvalue weighted by Gasteiger charge is -2.12. The average Bonchev–Trinajstić information content (AvgIpc) is 3.20. The van der Waals surface area contributed by atoms with Crippen LogP contribution in [0.4, 0.5) is 5.69 Å². The minimum absolute atomic E-state index is 0.0925. The SMILES string of the molecule is COc1cccc(C(=O)Nc2cccc(C(=O)NC[C@H]3CCCO3)c2)c1. The van der Waals surface area contributed by atoms with Crippen LogP contribution in [0.5, 0.6) is 5.75 Å². The highest BCUT2D eigenvalue weighted by atomic mass is 16.5. The van der Waals surface area contributed by atoms with E-state index in [-0.39, 0.29) is 17.9 Å². The largest absolute Gasteiger partial charge is 0.497 e. The van der Waals surface area contributed by atoms with Crippen molar-refractivity contribution < 1.29 is 19.1 Å². The van der Waals surface area contributed by atoms with Gasteiger partial charge in [0.1, 0.15) is 5.75 Å². The molecule has 6 nitrogen and oxygen atoms in total. The van der Waals surface area contributed by atoms with E-state index in [1.54, 1.807) is 55.6 Å². The molecule has 0 aliphatic carbocycles. The van der Waals surface area contributed by atoms with E-state index in [1.807, 2.05) is 0 Å². The second kappa shape index (κ2) is 8.49. The van der Waals surface area contributed by atoms with Gasteiger partial charge in [0.15, 0.2) is 0 Å². The molecular formula is C20H22N2O4. The van der Waals surface area contributed by atoms with Gasteiger partial charge in [-0.05, 0) is 49.2 Å². The summed E-state index contributed by atoms with van der Waals surface area (Å²) in [6.45, 7) is 1.26. The molecule has 1 heterocycles. The lowest BCUT2D eigenvalue weighted by atomic mass is 10.1. The Balaban J connectivity index is 1.62. The number of carbonyl (C=O) groups excluding carboxylic acids is 2. The number of anilines is 1. The van der Waals surface area contributed by atoms with E-state index >= 15 is 0 Å². The highest BCUT2D eigenvalue weighted by Gasteiger charge is 2.17. The second-order valence-electron chi connectivity index (χ2n) is 6.11. The van der Waals surface area contributed by atoms with Gasteiger partial charge in [-0.25, -0.2) is 0 Å². The summed E-state index contributed by atoms with van der Waals surface area (Å²) >= 11 is 0. The summed E-state index contributed by atoms with van der Waals surface area (Å²) in [6, 6.07) is 13.7. The molecule has 2 amide bonds. The number of rotatable bonds is 6. The van der Waals surface area contributed by atoms with Crippen LogP contribution >= 0.6 is 0 Å². The Labute approximate surface area is 152 Å². The van der Waals surface area contributed by atoms with E-state index in [0.717, 1.165) is 19.4 Å². The van der Waals surface area contributed by atoms with Crippen LogP contribution in [-0.2, 0) is 4.74 Å². The van der Waals surface area contributed by atoms with Crippen LogP contribution in [-0.4, -0.2) is 38.2 Å². The summed E-state index contributed by atoms with van der Waals surface area (Å²) in [5.74, 6) is 0.165. The van der Waals surface area contributed by atoms with Gasteiger partial charge in [-0.2, -0.15) is 0 Å². The number of amides is 2. The Hall–Kier alpha value is -2.86. The molecule has 1 fully saturated rings. The first-order valence-electron chi connectivity index (χ1n) is 8.61. The Kier molecular flexibility index (Phi) is 5.86. The summed E-state index contributed by atoms with van der Waals surface area (Å²) in [6.07, 6.45) is 2.10. The van der Waals surface area contributed by atoms with Crippen LogP contribution in [0.3, 0.4) is 0 Å². The van der Waals surface area contributed by atoms with Crippen LogP contribution in [0.2, 0.25) is 0 Å². The molecule has 2 N–H and O–H groups in total. The maximum Gasteiger partial charge on any atom is 0.255 e. The Morgan fingerprint density at radius 1 is 1.12 bits per heavy atom. The maximum atomic E-state index is 12.4. The number of nitrogens with one attached hydrogen (secondary N) is 2. The van der Waals surface area contributed by atoms with Crippen molar-refractivity contribution in [3.63, 3.8) is 0 Å². The highest BCUT2D eigenvalue weighted by molar-refractivity contribution is 6.05. The summed E-state index contributed by atoms with van der Waals surface area (Å²) in [5.41, 5.74) is 1.53. The third kappa shape index (κ3) is 4.61. The lowest BCUT2D eigenvalue weighted by molar-refractivity contribution is 0.0857. The Morgan fingerprint density at radius 3 is 2.62 bits per heavy atom. The van der Waals surface area contributed by atoms with Crippen LogP contribution in [0.15, 0.2) is 48.5 Å². The first kappa shape index (κ1) is 17.9. The van der Waals surface area contributed by atoms with E-state index in [0.29, 0.717) is 29.1 Å². The molecule has 0 bridgehead atoms. The quantitative estimate of drug-likeness (QED) is 0.836. The smallest absolute Gasteiger partial charge is 0.255 e. The summed E-state index contributed by atoms with van der Waals surface area (Å²) in [5, 5.41) is 5.68. The van der Waals surface area contributed by atoms with Crippen LogP contribution in [0, 0.1) is 0 Å². The molecule has 1 aliphatic rings. The number of carbonyl (C=O) groups is 2. The Morgan fingerprint density at radius 2 is 1.88 bits per heavy atom. The third-order valence-corrected chi connectivity index (χ3v) is 4.23. The third-order valence-electron chi connectivity index (χ3n) is 4.23. The maximum absolute atomic E-state index is 12.4. The van der Waals surface area contributed by atoms with Crippen LogP contribution < -0.4 is 15.4 Å². The number of hydrogen-bond donors (Lipinski definition) is 2. The predicted octanol–water partition coefficient (Wildman–Crippen LogP) is 2.86. The van der Waals surface area contributed by atoms with Gasteiger partial charge in [-0.15, -0.1) is 0 Å². The van der Waals surface area contributed by atoms with E-state index in [9.17, 15) is 9.59 Å². The molecule has 1 atom stereocenters. The van der Waals surface area contributed by atoms with Crippen molar-refractivity contribution in [1.82, 2.24) is 5.32 Å². The van der Waals surface area contributed by atoms with Gasteiger partial charge in [0.2, 0.25) is 0 Å². The molecule has 26 heavy (non-hydrogen) atoms.